The number of aromatic nitrogens is 2. The van der Waals surface area contributed by atoms with Gasteiger partial charge in [-0.1, -0.05) is 66.2 Å². The predicted octanol–water partition coefficient (Wildman–Crippen LogP) is 6.36. The topological polar surface area (TPSA) is 82.3 Å². The molecule has 3 aromatic carbocycles. The SMILES string of the molecule is Cc1cc(C)c(-c2c(C)n(Cc3ccccc3F)c(=O)n(C[C@H](NC(=O)OC(C)(C)C)c3ccccc3)c2=O)c(C)c1. The van der Waals surface area contributed by atoms with Crippen molar-refractivity contribution >= 4 is 6.09 Å². The molecule has 0 aliphatic rings. The summed E-state index contributed by atoms with van der Waals surface area (Å²) in [6.07, 6.45) is -0.673. The molecule has 0 saturated carbocycles. The second-order valence-electron chi connectivity index (χ2n) is 11.7. The number of halogens is 1. The van der Waals surface area contributed by atoms with Crippen molar-refractivity contribution in [1.82, 2.24) is 14.5 Å². The van der Waals surface area contributed by atoms with E-state index in [-0.39, 0.29) is 13.1 Å². The number of nitrogens with zero attached hydrogens (tertiary/aromatic N) is 2. The average Bonchev–Trinajstić information content (AvgIpc) is 2.90. The van der Waals surface area contributed by atoms with E-state index in [2.05, 4.69) is 5.32 Å². The molecule has 0 saturated heterocycles. The number of hydrogen-bond donors (Lipinski definition) is 1. The van der Waals surface area contributed by atoms with Gasteiger partial charge < -0.3 is 10.1 Å². The third kappa shape index (κ3) is 6.70. The number of carbonyl (C=O) groups is 1. The summed E-state index contributed by atoms with van der Waals surface area (Å²) < 4.78 is 22.8. The van der Waals surface area contributed by atoms with Crippen LogP contribution in [0.1, 0.15) is 60.3 Å². The van der Waals surface area contributed by atoms with Crippen LogP contribution in [0.25, 0.3) is 11.1 Å². The highest BCUT2D eigenvalue weighted by molar-refractivity contribution is 5.72. The molecule has 1 heterocycles. The fourth-order valence-electron chi connectivity index (χ4n) is 5.36. The molecule has 1 aromatic heterocycles. The minimum absolute atomic E-state index is 0.0654. The molecule has 1 amide bonds. The van der Waals surface area contributed by atoms with E-state index >= 15 is 0 Å². The van der Waals surface area contributed by atoms with E-state index in [1.165, 1.54) is 10.6 Å². The monoisotopic (exact) mass is 571 g/mol. The summed E-state index contributed by atoms with van der Waals surface area (Å²) in [5.41, 5.74) is 3.56. The lowest BCUT2D eigenvalue weighted by Gasteiger charge is -2.25. The number of nitrogens with one attached hydrogen (secondary N) is 1. The van der Waals surface area contributed by atoms with Crippen LogP contribution in [-0.2, 0) is 17.8 Å². The molecular formula is C34H38FN3O4. The molecule has 4 aromatic rings. The summed E-state index contributed by atoms with van der Waals surface area (Å²) in [6.45, 7) is 12.6. The van der Waals surface area contributed by atoms with Crippen molar-refractivity contribution in [1.29, 1.82) is 0 Å². The van der Waals surface area contributed by atoms with Gasteiger partial charge in [0.2, 0.25) is 0 Å². The Balaban J connectivity index is 1.95. The lowest BCUT2D eigenvalue weighted by molar-refractivity contribution is 0.0497. The minimum Gasteiger partial charge on any atom is -0.444 e. The number of amides is 1. The molecule has 7 nitrogen and oxygen atoms in total. The zero-order chi connectivity index (χ0) is 30.8. The Morgan fingerprint density at radius 2 is 1.48 bits per heavy atom. The Morgan fingerprint density at radius 3 is 2.07 bits per heavy atom. The van der Waals surface area contributed by atoms with E-state index in [1.54, 1.807) is 45.9 Å². The Kier molecular flexibility index (Phi) is 8.85. The third-order valence-electron chi connectivity index (χ3n) is 7.16. The van der Waals surface area contributed by atoms with Crippen LogP contribution in [-0.4, -0.2) is 20.8 Å². The molecule has 0 bridgehead atoms. The van der Waals surface area contributed by atoms with Gasteiger partial charge in [-0.25, -0.2) is 14.0 Å². The van der Waals surface area contributed by atoms with Gasteiger partial charge in [-0.05, 0) is 76.8 Å². The summed E-state index contributed by atoms with van der Waals surface area (Å²) in [5.74, 6) is -0.445. The number of ether oxygens (including phenoxy) is 1. The van der Waals surface area contributed by atoms with Crippen LogP contribution in [0.5, 0.6) is 0 Å². The third-order valence-corrected chi connectivity index (χ3v) is 7.16. The summed E-state index contributed by atoms with van der Waals surface area (Å²) in [7, 11) is 0. The van der Waals surface area contributed by atoms with E-state index in [9.17, 15) is 18.8 Å². The second-order valence-corrected chi connectivity index (χ2v) is 11.7. The summed E-state index contributed by atoms with van der Waals surface area (Å²) >= 11 is 0. The number of alkyl carbamates (subject to hydrolysis) is 1. The first kappa shape index (κ1) is 30.5. The minimum atomic E-state index is -0.760. The Morgan fingerprint density at radius 1 is 0.881 bits per heavy atom. The van der Waals surface area contributed by atoms with Gasteiger partial charge in [-0.2, -0.15) is 0 Å². The fourth-order valence-corrected chi connectivity index (χ4v) is 5.36. The highest BCUT2D eigenvalue weighted by Gasteiger charge is 2.26. The van der Waals surface area contributed by atoms with Gasteiger partial charge in [0, 0.05) is 11.3 Å². The average molecular weight is 572 g/mol. The van der Waals surface area contributed by atoms with Crippen LogP contribution in [0, 0.1) is 33.5 Å². The van der Waals surface area contributed by atoms with Crippen molar-refractivity contribution in [2.45, 2.75) is 73.2 Å². The first-order chi connectivity index (χ1) is 19.8. The molecule has 220 valence electrons. The number of aryl methyl sites for hydroxylation is 3. The highest BCUT2D eigenvalue weighted by atomic mass is 19.1. The van der Waals surface area contributed by atoms with Crippen molar-refractivity contribution in [3.8, 4) is 11.1 Å². The molecule has 42 heavy (non-hydrogen) atoms. The van der Waals surface area contributed by atoms with Gasteiger partial charge >= 0.3 is 11.8 Å². The smallest absolute Gasteiger partial charge is 0.408 e. The highest BCUT2D eigenvalue weighted by Crippen LogP contribution is 2.29. The molecule has 0 aliphatic carbocycles. The van der Waals surface area contributed by atoms with Crippen molar-refractivity contribution < 1.29 is 13.9 Å². The van der Waals surface area contributed by atoms with Crippen molar-refractivity contribution in [2.24, 2.45) is 0 Å². The number of rotatable bonds is 7. The molecule has 4 rings (SSSR count). The maximum atomic E-state index is 14.8. The Labute approximate surface area is 245 Å². The molecule has 0 unspecified atom stereocenters. The predicted molar refractivity (Wildman–Crippen MR) is 163 cm³/mol. The van der Waals surface area contributed by atoms with Gasteiger partial charge in [0.15, 0.2) is 0 Å². The zero-order valence-electron chi connectivity index (χ0n) is 25.2. The molecule has 0 fully saturated rings. The van der Waals surface area contributed by atoms with E-state index < -0.39 is 34.8 Å². The molecule has 1 atom stereocenters. The van der Waals surface area contributed by atoms with Gasteiger partial charge in [0.25, 0.3) is 5.56 Å². The van der Waals surface area contributed by atoms with E-state index in [4.69, 9.17) is 4.74 Å². The van der Waals surface area contributed by atoms with Gasteiger partial charge in [-0.3, -0.25) is 13.9 Å². The van der Waals surface area contributed by atoms with Crippen LogP contribution in [0.3, 0.4) is 0 Å². The van der Waals surface area contributed by atoms with Crippen molar-refractivity contribution in [3.05, 3.63) is 127 Å². The Hall–Kier alpha value is -4.46. The maximum absolute atomic E-state index is 14.8. The van der Waals surface area contributed by atoms with Crippen molar-refractivity contribution in [2.75, 3.05) is 0 Å². The van der Waals surface area contributed by atoms with E-state index in [0.717, 1.165) is 26.8 Å². The quantitative estimate of drug-likeness (QED) is 0.280. The number of benzene rings is 3. The zero-order valence-corrected chi connectivity index (χ0v) is 25.2. The Bertz CT molecular complexity index is 1710. The number of carbonyl (C=O) groups excluding carboxylic acids is 1. The molecule has 8 heteroatoms. The molecule has 0 radical (unpaired) electrons. The normalized spacial score (nSPS) is 12.2. The lowest BCUT2D eigenvalue weighted by Crippen LogP contribution is -2.46. The second kappa shape index (κ2) is 12.2. The van der Waals surface area contributed by atoms with E-state index in [0.29, 0.717) is 22.4 Å². The standard InChI is InChI=1S/C34H38FN3O4/c1-21-17-22(2)29(23(3)18-21)30-24(4)37(19-26-15-11-12-16-27(26)35)33(41)38(31(30)39)20-28(25-13-9-8-10-14-25)36-32(40)42-34(5,6)7/h8-18,28H,19-20H2,1-7H3,(H,36,40)/t28-/m0/s1. The molecule has 0 spiro atoms. The van der Waals surface area contributed by atoms with Crippen LogP contribution < -0.4 is 16.6 Å². The first-order valence-electron chi connectivity index (χ1n) is 14.0. The largest absolute Gasteiger partial charge is 0.444 e. The molecule has 0 aliphatic heterocycles. The summed E-state index contributed by atoms with van der Waals surface area (Å²) in [6, 6.07) is 18.6. The fraction of sp³-hybridized carbons (Fsp3) is 0.324. The maximum Gasteiger partial charge on any atom is 0.408 e. The summed E-state index contributed by atoms with van der Waals surface area (Å²) in [4.78, 5) is 41.2. The van der Waals surface area contributed by atoms with E-state index in [1.807, 2.05) is 63.2 Å². The molecular weight excluding hydrogens is 533 g/mol. The van der Waals surface area contributed by atoms with Crippen LogP contribution in [0.4, 0.5) is 9.18 Å². The van der Waals surface area contributed by atoms with Gasteiger partial charge in [-0.15, -0.1) is 0 Å². The first-order valence-corrected chi connectivity index (χ1v) is 14.0. The van der Waals surface area contributed by atoms with Crippen molar-refractivity contribution in [3.63, 3.8) is 0 Å². The molecule has 1 N–H and O–H groups in total. The summed E-state index contributed by atoms with van der Waals surface area (Å²) in [5, 5.41) is 2.85. The van der Waals surface area contributed by atoms with Crippen LogP contribution in [0.15, 0.2) is 76.3 Å². The van der Waals surface area contributed by atoms with Gasteiger partial charge in [0.1, 0.15) is 11.4 Å². The van der Waals surface area contributed by atoms with Gasteiger partial charge in [0.05, 0.1) is 24.7 Å². The van der Waals surface area contributed by atoms with Crippen LogP contribution >= 0.6 is 0 Å². The lowest BCUT2D eigenvalue weighted by atomic mass is 9.93. The number of hydrogen-bond acceptors (Lipinski definition) is 4. The van der Waals surface area contributed by atoms with Crippen LogP contribution in [0.2, 0.25) is 0 Å².